The van der Waals surface area contributed by atoms with Gasteiger partial charge in [-0.2, -0.15) is 5.10 Å². The molecule has 2 rings (SSSR count). The summed E-state index contributed by atoms with van der Waals surface area (Å²) in [5.74, 6) is 0.902. The van der Waals surface area contributed by atoms with E-state index in [0.29, 0.717) is 12.2 Å². The SMILES string of the molecule is CCCc1nn(C)c(N2CCNC(=O)C2C)c1N. The highest BCUT2D eigenvalue weighted by Crippen LogP contribution is 2.29. The van der Waals surface area contributed by atoms with Crippen LogP contribution in [0.4, 0.5) is 11.5 Å². The topological polar surface area (TPSA) is 76.2 Å². The van der Waals surface area contributed by atoms with E-state index in [0.717, 1.165) is 30.9 Å². The first-order chi connectivity index (χ1) is 8.56. The minimum absolute atomic E-state index is 0.0406. The summed E-state index contributed by atoms with van der Waals surface area (Å²) in [5.41, 5.74) is 7.81. The minimum atomic E-state index is -0.203. The maximum atomic E-state index is 11.7. The van der Waals surface area contributed by atoms with E-state index in [1.54, 1.807) is 4.68 Å². The lowest BCUT2D eigenvalue weighted by molar-refractivity contribution is -0.122. The standard InChI is InChI=1S/C12H21N5O/c1-4-5-9-10(13)12(16(3)15-9)17-7-6-14-11(18)8(17)2/h8H,4-7,13H2,1-3H3,(H,14,18). The number of amides is 1. The molecule has 0 bridgehead atoms. The summed E-state index contributed by atoms with van der Waals surface area (Å²) in [4.78, 5) is 13.7. The predicted octanol–water partition coefficient (Wildman–Crippen LogP) is 0.280. The number of nitrogens with two attached hydrogens (primary N) is 1. The zero-order valence-electron chi connectivity index (χ0n) is 11.2. The van der Waals surface area contributed by atoms with E-state index in [1.807, 2.05) is 18.9 Å². The molecule has 6 nitrogen and oxygen atoms in total. The Morgan fingerprint density at radius 2 is 2.28 bits per heavy atom. The van der Waals surface area contributed by atoms with Gasteiger partial charge in [-0.1, -0.05) is 13.3 Å². The molecule has 0 radical (unpaired) electrons. The van der Waals surface area contributed by atoms with E-state index in [-0.39, 0.29) is 11.9 Å². The highest BCUT2D eigenvalue weighted by molar-refractivity contribution is 5.87. The van der Waals surface area contributed by atoms with Crippen LogP contribution >= 0.6 is 0 Å². The van der Waals surface area contributed by atoms with Crippen molar-refractivity contribution >= 4 is 17.4 Å². The number of piperazine rings is 1. The van der Waals surface area contributed by atoms with Crippen LogP contribution in [0.1, 0.15) is 26.0 Å². The van der Waals surface area contributed by atoms with Gasteiger partial charge in [0.1, 0.15) is 6.04 Å². The van der Waals surface area contributed by atoms with Gasteiger partial charge in [0.15, 0.2) is 5.82 Å². The van der Waals surface area contributed by atoms with Crippen molar-refractivity contribution in [1.82, 2.24) is 15.1 Å². The molecule has 1 aliphatic rings. The van der Waals surface area contributed by atoms with Gasteiger partial charge in [-0.15, -0.1) is 0 Å². The molecule has 1 aromatic rings. The molecule has 3 N–H and O–H groups in total. The van der Waals surface area contributed by atoms with E-state index < -0.39 is 0 Å². The van der Waals surface area contributed by atoms with Gasteiger partial charge in [-0.3, -0.25) is 9.48 Å². The molecule has 0 spiro atoms. The molecule has 1 unspecified atom stereocenters. The fourth-order valence-corrected chi connectivity index (χ4v) is 2.42. The third-order valence-corrected chi connectivity index (χ3v) is 3.39. The van der Waals surface area contributed by atoms with E-state index in [9.17, 15) is 4.79 Å². The Labute approximate surface area is 107 Å². The number of nitrogens with zero attached hydrogens (tertiary/aromatic N) is 3. The van der Waals surface area contributed by atoms with Crippen LogP contribution in [0.2, 0.25) is 0 Å². The van der Waals surface area contributed by atoms with Gasteiger partial charge in [-0.05, 0) is 13.3 Å². The average molecular weight is 251 g/mol. The summed E-state index contributed by atoms with van der Waals surface area (Å²) in [6, 6.07) is -0.203. The Hall–Kier alpha value is -1.72. The molecular weight excluding hydrogens is 230 g/mol. The quantitative estimate of drug-likeness (QED) is 0.809. The summed E-state index contributed by atoms with van der Waals surface area (Å²) in [7, 11) is 1.88. The third-order valence-electron chi connectivity index (χ3n) is 3.39. The van der Waals surface area contributed by atoms with Crippen molar-refractivity contribution in [3.05, 3.63) is 5.69 Å². The first kappa shape index (κ1) is 12.7. The van der Waals surface area contributed by atoms with E-state index in [2.05, 4.69) is 17.3 Å². The fourth-order valence-electron chi connectivity index (χ4n) is 2.42. The Balaban J connectivity index is 2.35. The number of hydrogen-bond donors (Lipinski definition) is 2. The molecule has 1 amide bonds. The molecule has 0 aromatic carbocycles. The zero-order valence-corrected chi connectivity index (χ0v) is 11.2. The van der Waals surface area contributed by atoms with E-state index >= 15 is 0 Å². The molecule has 6 heteroatoms. The summed E-state index contributed by atoms with van der Waals surface area (Å²) >= 11 is 0. The van der Waals surface area contributed by atoms with Gasteiger partial charge in [0.05, 0.1) is 11.4 Å². The van der Waals surface area contributed by atoms with Crippen LogP contribution in [0.5, 0.6) is 0 Å². The number of anilines is 2. The van der Waals surface area contributed by atoms with Crippen LogP contribution in [-0.4, -0.2) is 34.8 Å². The Morgan fingerprint density at radius 1 is 1.56 bits per heavy atom. The second-order valence-corrected chi connectivity index (χ2v) is 4.72. The molecular formula is C12H21N5O. The molecule has 18 heavy (non-hydrogen) atoms. The van der Waals surface area contributed by atoms with Gasteiger partial charge in [0.2, 0.25) is 5.91 Å². The van der Waals surface area contributed by atoms with Gasteiger partial charge in [0, 0.05) is 20.1 Å². The van der Waals surface area contributed by atoms with Gasteiger partial charge in [0.25, 0.3) is 0 Å². The first-order valence-electron chi connectivity index (χ1n) is 6.42. The highest BCUT2D eigenvalue weighted by atomic mass is 16.2. The number of aromatic nitrogens is 2. The lowest BCUT2D eigenvalue weighted by Crippen LogP contribution is -2.54. The van der Waals surface area contributed by atoms with Crippen molar-refractivity contribution in [1.29, 1.82) is 0 Å². The lowest BCUT2D eigenvalue weighted by atomic mass is 10.2. The number of hydrogen-bond acceptors (Lipinski definition) is 4. The fraction of sp³-hybridized carbons (Fsp3) is 0.667. The highest BCUT2D eigenvalue weighted by Gasteiger charge is 2.29. The van der Waals surface area contributed by atoms with Crippen LogP contribution < -0.4 is 16.0 Å². The van der Waals surface area contributed by atoms with Crippen molar-refractivity contribution in [2.75, 3.05) is 23.7 Å². The van der Waals surface area contributed by atoms with Crippen molar-refractivity contribution in [3.63, 3.8) is 0 Å². The second-order valence-electron chi connectivity index (χ2n) is 4.72. The van der Waals surface area contributed by atoms with Crippen molar-refractivity contribution < 1.29 is 4.79 Å². The van der Waals surface area contributed by atoms with Crippen LogP contribution in [0.3, 0.4) is 0 Å². The number of nitrogen functional groups attached to an aromatic ring is 1. The smallest absolute Gasteiger partial charge is 0.242 e. The van der Waals surface area contributed by atoms with Gasteiger partial charge < -0.3 is 16.0 Å². The maximum Gasteiger partial charge on any atom is 0.242 e. The van der Waals surface area contributed by atoms with Crippen molar-refractivity contribution in [3.8, 4) is 0 Å². The monoisotopic (exact) mass is 251 g/mol. The number of carbonyl (C=O) groups is 1. The third kappa shape index (κ3) is 2.02. The lowest BCUT2D eigenvalue weighted by Gasteiger charge is -2.34. The van der Waals surface area contributed by atoms with Crippen molar-refractivity contribution in [2.24, 2.45) is 7.05 Å². The minimum Gasteiger partial charge on any atom is -0.394 e. The Morgan fingerprint density at radius 3 is 2.94 bits per heavy atom. The Bertz CT molecular complexity index is 454. The molecule has 100 valence electrons. The molecule has 1 saturated heterocycles. The molecule has 1 aliphatic heterocycles. The summed E-state index contributed by atoms with van der Waals surface area (Å²) in [6.45, 7) is 5.41. The number of carbonyl (C=O) groups excluding carboxylic acids is 1. The van der Waals surface area contributed by atoms with Gasteiger partial charge in [-0.25, -0.2) is 0 Å². The average Bonchev–Trinajstić information content (AvgIpc) is 2.60. The molecule has 1 atom stereocenters. The zero-order chi connectivity index (χ0) is 13.3. The summed E-state index contributed by atoms with van der Waals surface area (Å²) in [5, 5.41) is 7.30. The van der Waals surface area contributed by atoms with Crippen LogP contribution in [0.25, 0.3) is 0 Å². The largest absolute Gasteiger partial charge is 0.394 e. The molecule has 0 aliphatic carbocycles. The molecule has 2 heterocycles. The molecule has 0 saturated carbocycles. The van der Waals surface area contributed by atoms with Crippen LogP contribution in [-0.2, 0) is 18.3 Å². The first-order valence-corrected chi connectivity index (χ1v) is 6.42. The van der Waals surface area contributed by atoms with Gasteiger partial charge >= 0.3 is 0 Å². The van der Waals surface area contributed by atoms with Crippen LogP contribution in [0, 0.1) is 0 Å². The second kappa shape index (κ2) is 4.88. The maximum absolute atomic E-state index is 11.7. The van der Waals surface area contributed by atoms with E-state index in [1.165, 1.54) is 0 Å². The predicted molar refractivity (Wildman–Crippen MR) is 71.4 cm³/mol. The summed E-state index contributed by atoms with van der Waals surface area (Å²) < 4.78 is 1.79. The summed E-state index contributed by atoms with van der Waals surface area (Å²) in [6.07, 6.45) is 1.88. The number of nitrogens with one attached hydrogen (secondary N) is 1. The number of aryl methyl sites for hydroxylation is 2. The molecule has 1 fully saturated rings. The number of rotatable bonds is 3. The van der Waals surface area contributed by atoms with Crippen molar-refractivity contribution in [2.45, 2.75) is 32.7 Å². The normalized spacial score (nSPS) is 20.1. The van der Waals surface area contributed by atoms with E-state index in [4.69, 9.17) is 5.73 Å². The van der Waals surface area contributed by atoms with Crippen LogP contribution in [0.15, 0.2) is 0 Å². The Kier molecular flexibility index (Phi) is 3.45. The molecule has 1 aromatic heterocycles.